The Balaban J connectivity index is 4.19. The summed E-state index contributed by atoms with van der Waals surface area (Å²) in [5.74, 6) is -0.776. The minimum absolute atomic E-state index is 0.126. The van der Waals surface area contributed by atoms with Gasteiger partial charge in [-0.3, -0.25) is 9.13 Å². The average molecular weight is 436 g/mol. The van der Waals surface area contributed by atoms with Gasteiger partial charge in [0, 0.05) is 0 Å². The number of ether oxygens (including phenoxy) is 1. The van der Waals surface area contributed by atoms with Gasteiger partial charge in [-0.25, -0.2) is 0 Å². The molecule has 0 saturated carbocycles. The highest BCUT2D eigenvalue weighted by molar-refractivity contribution is 7.73. The molecule has 0 aromatic heterocycles. The lowest BCUT2D eigenvalue weighted by Gasteiger charge is -2.18. The predicted octanol–water partition coefficient (Wildman–Crippen LogP) is 6.22. The van der Waals surface area contributed by atoms with Crippen LogP contribution in [0.3, 0.4) is 0 Å². The van der Waals surface area contributed by atoms with Crippen molar-refractivity contribution in [1.82, 2.24) is 0 Å². The lowest BCUT2D eigenvalue weighted by molar-refractivity contribution is 0.167. The summed E-state index contributed by atoms with van der Waals surface area (Å²) in [4.78, 5) is 18.1. The maximum atomic E-state index is 12.4. The molecule has 0 bridgehead atoms. The number of rotatable bonds is 15. The molecule has 164 valence electrons. The summed E-state index contributed by atoms with van der Waals surface area (Å²) in [5.41, 5.74) is 4.03. The molecule has 1 atom stereocenters. The minimum Gasteiger partial charge on any atom is -0.371 e. The van der Waals surface area contributed by atoms with Crippen LogP contribution in [0, 0.1) is 0 Å². The smallest absolute Gasteiger partial charge is 0.335 e. The molecule has 0 aromatic rings. The van der Waals surface area contributed by atoms with Crippen LogP contribution < -0.4 is 0 Å². The summed E-state index contributed by atoms with van der Waals surface area (Å²) in [6.07, 6.45) is 11.2. The van der Waals surface area contributed by atoms with Crippen molar-refractivity contribution < 1.29 is 28.2 Å². The molecule has 0 aliphatic rings. The summed E-state index contributed by atoms with van der Waals surface area (Å²) in [5, 5.41) is 0. The van der Waals surface area contributed by atoms with Crippen LogP contribution in [0.2, 0.25) is 0 Å². The fourth-order valence-electron chi connectivity index (χ4n) is 2.57. The Labute approximate surface area is 170 Å². The third-order valence-electron chi connectivity index (χ3n) is 3.93. The Kier molecular flexibility index (Phi) is 14.2. The van der Waals surface area contributed by atoms with Crippen molar-refractivity contribution in [3.8, 4) is 0 Å². The van der Waals surface area contributed by atoms with Crippen molar-refractivity contribution in [1.29, 1.82) is 0 Å². The highest BCUT2D eigenvalue weighted by Gasteiger charge is 2.32. The van der Waals surface area contributed by atoms with Crippen molar-refractivity contribution in [2.75, 3.05) is 25.5 Å². The summed E-state index contributed by atoms with van der Waals surface area (Å²) >= 11 is 0. The first kappa shape index (κ1) is 27.5. The zero-order valence-corrected chi connectivity index (χ0v) is 19.8. The molecule has 0 aliphatic carbocycles. The zero-order chi connectivity index (χ0) is 21.6. The summed E-state index contributed by atoms with van der Waals surface area (Å²) < 4.78 is 33.9. The van der Waals surface area contributed by atoms with E-state index in [0.717, 1.165) is 25.7 Å². The standard InChI is InChI=1S/C20H38O6P2/c1-6-26-27(21,17-28(22,23)24)16-25-15-9-14-20(5)13-8-12-19(4)11-7-10-18(2)3/h10,12,14H,6-9,11,13,15-17H2,1-5H3,(H2,22,23,24). The zero-order valence-electron chi connectivity index (χ0n) is 18.0. The van der Waals surface area contributed by atoms with Crippen LogP contribution in [0.15, 0.2) is 34.9 Å². The maximum absolute atomic E-state index is 12.4. The van der Waals surface area contributed by atoms with Gasteiger partial charge < -0.3 is 19.0 Å². The Morgan fingerprint density at radius 1 is 0.893 bits per heavy atom. The third kappa shape index (κ3) is 16.5. The van der Waals surface area contributed by atoms with E-state index < -0.39 is 20.9 Å². The first-order valence-corrected chi connectivity index (χ1v) is 13.6. The van der Waals surface area contributed by atoms with Crippen LogP contribution in [0.25, 0.3) is 0 Å². The Morgan fingerprint density at radius 2 is 1.43 bits per heavy atom. The Hall–Kier alpha value is -0.480. The van der Waals surface area contributed by atoms with E-state index in [1.165, 1.54) is 16.7 Å². The minimum atomic E-state index is -4.41. The van der Waals surface area contributed by atoms with E-state index in [0.29, 0.717) is 13.0 Å². The van der Waals surface area contributed by atoms with Crippen LogP contribution in [0.1, 0.15) is 66.7 Å². The SMILES string of the molecule is CCOP(=O)(COCCC=C(C)CCC=C(C)CCC=C(C)C)CP(=O)(O)O. The quantitative estimate of drug-likeness (QED) is 0.180. The molecule has 8 heteroatoms. The van der Waals surface area contributed by atoms with E-state index >= 15 is 0 Å². The summed E-state index contributed by atoms with van der Waals surface area (Å²) in [7, 11) is -7.88. The van der Waals surface area contributed by atoms with Gasteiger partial charge in [0.2, 0.25) is 7.37 Å². The van der Waals surface area contributed by atoms with Crippen molar-refractivity contribution in [3.63, 3.8) is 0 Å². The van der Waals surface area contributed by atoms with Crippen LogP contribution >= 0.6 is 15.0 Å². The van der Waals surface area contributed by atoms with Crippen LogP contribution in [0.4, 0.5) is 0 Å². The lowest BCUT2D eigenvalue weighted by Crippen LogP contribution is -2.05. The molecule has 1 unspecified atom stereocenters. The van der Waals surface area contributed by atoms with Gasteiger partial charge in [-0.1, -0.05) is 34.9 Å². The Morgan fingerprint density at radius 3 is 1.93 bits per heavy atom. The van der Waals surface area contributed by atoms with Gasteiger partial charge in [0.1, 0.15) is 12.3 Å². The summed E-state index contributed by atoms with van der Waals surface area (Å²) in [6, 6.07) is 0. The van der Waals surface area contributed by atoms with E-state index in [2.05, 4.69) is 45.9 Å². The van der Waals surface area contributed by atoms with E-state index in [1.807, 2.05) is 0 Å². The second-order valence-electron chi connectivity index (χ2n) is 7.32. The first-order valence-electron chi connectivity index (χ1n) is 9.77. The predicted molar refractivity (Wildman–Crippen MR) is 117 cm³/mol. The van der Waals surface area contributed by atoms with E-state index in [9.17, 15) is 9.13 Å². The van der Waals surface area contributed by atoms with Crippen LogP contribution in [-0.2, 0) is 18.4 Å². The monoisotopic (exact) mass is 436 g/mol. The Bertz CT molecular complexity index is 627. The van der Waals surface area contributed by atoms with Crippen molar-refractivity contribution in [2.45, 2.75) is 66.7 Å². The summed E-state index contributed by atoms with van der Waals surface area (Å²) in [6.45, 7) is 10.6. The van der Waals surface area contributed by atoms with Gasteiger partial charge >= 0.3 is 7.60 Å². The van der Waals surface area contributed by atoms with Crippen molar-refractivity contribution in [3.05, 3.63) is 34.9 Å². The molecule has 28 heavy (non-hydrogen) atoms. The average Bonchev–Trinajstić information content (AvgIpc) is 2.52. The number of hydrogen-bond acceptors (Lipinski definition) is 4. The van der Waals surface area contributed by atoms with Gasteiger partial charge in [-0.05, 0) is 66.7 Å². The molecule has 6 nitrogen and oxygen atoms in total. The normalized spacial score (nSPS) is 15.4. The molecule has 2 N–H and O–H groups in total. The van der Waals surface area contributed by atoms with Crippen LogP contribution in [-0.4, -0.2) is 35.3 Å². The second-order valence-corrected chi connectivity index (χ2v) is 11.9. The molecule has 0 amide bonds. The van der Waals surface area contributed by atoms with Gasteiger partial charge in [0.05, 0.1) is 13.2 Å². The largest absolute Gasteiger partial charge is 0.371 e. The van der Waals surface area contributed by atoms with Gasteiger partial charge in [0.15, 0.2) is 0 Å². The van der Waals surface area contributed by atoms with Gasteiger partial charge in [-0.2, -0.15) is 0 Å². The highest BCUT2D eigenvalue weighted by atomic mass is 31.2. The number of allylic oxidation sites excluding steroid dienone is 5. The van der Waals surface area contributed by atoms with Crippen molar-refractivity contribution >= 4 is 15.0 Å². The molecule has 0 spiro atoms. The second kappa shape index (κ2) is 14.5. The molecule has 0 rings (SSSR count). The first-order chi connectivity index (χ1) is 13.0. The molecule has 0 radical (unpaired) electrons. The van der Waals surface area contributed by atoms with E-state index in [1.54, 1.807) is 6.92 Å². The molecule has 0 aromatic carbocycles. The molecule has 0 aliphatic heterocycles. The van der Waals surface area contributed by atoms with Gasteiger partial charge in [0.25, 0.3) is 0 Å². The number of hydrogen-bond donors (Lipinski definition) is 2. The molecule has 0 fully saturated rings. The third-order valence-corrected chi connectivity index (χ3v) is 8.43. The molecular formula is C20H38O6P2. The maximum Gasteiger partial charge on any atom is 0.335 e. The highest BCUT2D eigenvalue weighted by Crippen LogP contribution is 2.58. The lowest BCUT2D eigenvalue weighted by atomic mass is 10.1. The van der Waals surface area contributed by atoms with Gasteiger partial charge in [-0.15, -0.1) is 0 Å². The topological polar surface area (TPSA) is 93.1 Å². The molecular weight excluding hydrogens is 398 g/mol. The molecule has 0 saturated heterocycles. The fraction of sp³-hybridized carbons (Fsp3) is 0.700. The van der Waals surface area contributed by atoms with E-state index in [-0.39, 0.29) is 13.0 Å². The van der Waals surface area contributed by atoms with Crippen LogP contribution in [0.5, 0.6) is 0 Å². The fourth-order valence-corrected chi connectivity index (χ4v) is 6.42. The molecule has 0 heterocycles. The van der Waals surface area contributed by atoms with E-state index in [4.69, 9.17) is 19.0 Å². The van der Waals surface area contributed by atoms with Crippen molar-refractivity contribution in [2.24, 2.45) is 0 Å².